The highest BCUT2D eigenvalue weighted by Gasteiger charge is 2.37. The average molecular weight is 888 g/mol. The molecule has 0 aliphatic heterocycles. The van der Waals surface area contributed by atoms with Crippen molar-refractivity contribution in [2.24, 2.45) is 0 Å². The third-order valence-corrected chi connectivity index (χ3v) is 15.2. The molecule has 0 bridgehead atoms. The second kappa shape index (κ2) is 16.0. The molecule has 4 nitrogen and oxygen atoms in total. The van der Waals surface area contributed by atoms with Crippen LogP contribution in [0.5, 0.6) is 0 Å². The summed E-state index contributed by atoms with van der Waals surface area (Å²) in [7, 11) is 0. The van der Waals surface area contributed by atoms with E-state index in [1.54, 1.807) is 0 Å². The Hall–Kier alpha value is -8.21. The summed E-state index contributed by atoms with van der Waals surface area (Å²) < 4.78 is 6.66. The molecule has 69 heavy (non-hydrogen) atoms. The lowest BCUT2D eigenvalue weighted by atomic mass is 9.80. The minimum Gasteiger partial charge on any atom is -0.456 e. The van der Waals surface area contributed by atoms with Crippen LogP contribution in [0.2, 0.25) is 0 Å². The molecule has 13 rings (SSSR count). The molecule has 0 saturated heterocycles. The molecular formula is C65H49N3O. The Morgan fingerprint density at radius 2 is 1.10 bits per heavy atom. The van der Waals surface area contributed by atoms with E-state index in [1.165, 1.54) is 72.3 Å². The van der Waals surface area contributed by atoms with Gasteiger partial charge in [0.1, 0.15) is 11.2 Å². The van der Waals surface area contributed by atoms with Gasteiger partial charge in [-0.2, -0.15) is 0 Å². The van der Waals surface area contributed by atoms with Gasteiger partial charge in [0.25, 0.3) is 0 Å². The van der Waals surface area contributed by atoms with E-state index in [0.717, 1.165) is 62.6 Å². The fourth-order valence-corrected chi connectivity index (χ4v) is 11.6. The second-order valence-electron chi connectivity index (χ2n) is 19.5. The topological polar surface area (TPSA) is 51.8 Å². The molecule has 2 aromatic heterocycles. The molecule has 0 amide bonds. The number of benzene rings is 9. The molecule has 1 unspecified atom stereocenters. The Bertz CT molecular complexity index is 3840. The standard InChI is InChI=1S/C65H49N3O/c1-39-17-11-12-22-46(39)47-24-15-25-48(40(47)2)63-66-62(42-20-9-6-10-21-42)67-64(68-63)52-26-16-28-60-61(52)56-36-44(31-34-59(56)69-60)43-29-33-50-49(41-18-7-5-8-19-41)32-30-45-37-55-51-23-13-14-27-57(51)65(3,4)58(55)38-53(45)54(50)35-43/h5-29,31,33-38,49H,30,32H2,1-4H3. The molecule has 0 saturated carbocycles. The quantitative estimate of drug-likeness (QED) is 0.167. The second-order valence-corrected chi connectivity index (χ2v) is 19.5. The van der Waals surface area contributed by atoms with Crippen molar-refractivity contribution in [2.45, 2.75) is 51.9 Å². The van der Waals surface area contributed by atoms with Crippen LogP contribution in [0.15, 0.2) is 199 Å². The molecule has 0 fully saturated rings. The lowest BCUT2D eigenvalue weighted by Gasteiger charge is -2.23. The summed E-state index contributed by atoms with van der Waals surface area (Å²) in [5, 5.41) is 2.01. The maximum Gasteiger partial charge on any atom is 0.164 e. The lowest BCUT2D eigenvalue weighted by molar-refractivity contribution is 0.660. The van der Waals surface area contributed by atoms with Gasteiger partial charge in [-0.3, -0.25) is 0 Å². The van der Waals surface area contributed by atoms with Crippen molar-refractivity contribution < 1.29 is 4.42 Å². The minimum absolute atomic E-state index is 0.0970. The fraction of sp³-hybridized carbons (Fsp3) is 0.123. The van der Waals surface area contributed by atoms with Crippen molar-refractivity contribution >= 4 is 21.9 Å². The van der Waals surface area contributed by atoms with Crippen molar-refractivity contribution in [3.05, 3.63) is 233 Å². The predicted molar refractivity (Wildman–Crippen MR) is 283 cm³/mol. The highest BCUT2D eigenvalue weighted by atomic mass is 16.3. The molecule has 11 aromatic rings. The summed E-state index contributed by atoms with van der Waals surface area (Å²) in [5.74, 6) is 2.14. The van der Waals surface area contributed by atoms with E-state index < -0.39 is 0 Å². The van der Waals surface area contributed by atoms with Gasteiger partial charge in [0.05, 0.1) is 0 Å². The SMILES string of the molecule is Cc1ccccc1-c1cccc(-c2nc(-c3ccccc3)nc(-c3cccc4oc5ccc(-c6ccc7c(c6)-c6cc8c(cc6CCC7c6ccccc6)-c6ccccc6C8(C)C)cc5c34)n2)c1C. The van der Waals surface area contributed by atoms with Crippen LogP contribution in [0.4, 0.5) is 0 Å². The first-order valence-electron chi connectivity index (χ1n) is 24.2. The van der Waals surface area contributed by atoms with E-state index in [9.17, 15) is 0 Å². The summed E-state index contributed by atoms with van der Waals surface area (Å²) in [6.07, 6.45) is 2.05. The maximum atomic E-state index is 6.66. The normalized spacial score (nSPS) is 14.5. The molecule has 330 valence electrons. The Morgan fingerprint density at radius 1 is 0.449 bits per heavy atom. The van der Waals surface area contributed by atoms with Crippen LogP contribution in [0.1, 0.15) is 65.1 Å². The van der Waals surface area contributed by atoms with Gasteiger partial charge in [0.2, 0.25) is 0 Å². The van der Waals surface area contributed by atoms with Crippen LogP contribution < -0.4 is 0 Å². The molecule has 2 heterocycles. The Morgan fingerprint density at radius 3 is 1.93 bits per heavy atom. The number of rotatable bonds is 6. The van der Waals surface area contributed by atoms with E-state index >= 15 is 0 Å². The Kier molecular flexibility index (Phi) is 9.49. The zero-order valence-corrected chi connectivity index (χ0v) is 39.2. The first-order valence-corrected chi connectivity index (χ1v) is 24.2. The first kappa shape index (κ1) is 41.0. The number of aromatic nitrogens is 3. The molecule has 0 spiro atoms. The van der Waals surface area contributed by atoms with E-state index in [2.05, 4.69) is 198 Å². The summed E-state index contributed by atoms with van der Waals surface area (Å²) in [5.41, 5.74) is 23.7. The number of hydrogen-bond donors (Lipinski definition) is 0. The van der Waals surface area contributed by atoms with E-state index in [-0.39, 0.29) is 11.3 Å². The average Bonchev–Trinajstić information content (AvgIpc) is 3.81. The van der Waals surface area contributed by atoms with Crippen LogP contribution in [0.25, 0.3) is 101 Å². The number of nitrogens with zero attached hydrogens (tertiary/aromatic N) is 3. The maximum absolute atomic E-state index is 6.66. The van der Waals surface area contributed by atoms with Gasteiger partial charge in [-0.05, 0) is 140 Å². The van der Waals surface area contributed by atoms with Gasteiger partial charge < -0.3 is 4.42 Å². The Labute approximate surface area is 403 Å². The van der Waals surface area contributed by atoms with E-state index in [1.807, 2.05) is 24.3 Å². The first-order chi connectivity index (χ1) is 33.8. The van der Waals surface area contributed by atoms with Crippen molar-refractivity contribution in [1.82, 2.24) is 15.0 Å². The smallest absolute Gasteiger partial charge is 0.164 e. The zero-order valence-electron chi connectivity index (χ0n) is 39.2. The van der Waals surface area contributed by atoms with Crippen LogP contribution in [-0.2, 0) is 11.8 Å². The molecule has 1 atom stereocenters. The highest BCUT2D eigenvalue weighted by Crippen LogP contribution is 2.53. The number of furan rings is 1. The third kappa shape index (κ3) is 6.69. The lowest BCUT2D eigenvalue weighted by Crippen LogP contribution is -2.15. The van der Waals surface area contributed by atoms with E-state index in [4.69, 9.17) is 19.4 Å². The largest absolute Gasteiger partial charge is 0.456 e. The number of hydrogen-bond acceptors (Lipinski definition) is 4. The van der Waals surface area contributed by atoms with Crippen LogP contribution in [-0.4, -0.2) is 15.0 Å². The van der Waals surface area contributed by atoms with Crippen molar-refractivity contribution in [3.8, 4) is 78.7 Å². The van der Waals surface area contributed by atoms with Gasteiger partial charge in [-0.1, -0.05) is 178 Å². The van der Waals surface area contributed by atoms with Crippen LogP contribution >= 0.6 is 0 Å². The molecule has 0 radical (unpaired) electrons. The van der Waals surface area contributed by atoms with Crippen molar-refractivity contribution in [3.63, 3.8) is 0 Å². The summed E-state index contributed by atoms with van der Waals surface area (Å²) >= 11 is 0. The van der Waals surface area contributed by atoms with Crippen molar-refractivity contribution in [1.29, 1.82) is 0 Å². The third-order valence-electron chi connectivity index (χ3n) is 15.2. The van der Waals surface area contributed by atoms with E-state index in [0.29, 0.717) is 17.5 Å². The van der Waals surface area contributed by atoms with Gasteiger partial charge in [0.15, 0.2) is 17.5 Å². The molecular weight excluding hydrogens is 839 g/mol. The molecule has 0 N–H and O–H groups in total. The molecule has 4 heteroatoms. The fourth-order valence-electron chi connectivity index (χ4n) is 11.6. The monoisotopic (exact) mass is 887 g/mol. The minimum atomic E-state index is -0.0970. The molecule has 2 aliphatic rings. The van der Waals surface area contributed by atoms with Crippen LogP contribution in [0.3, 0.4) is 0 Å². The van der Waals surface area contributed by atoms with Gasteiger partial charge >= 0.3 is 0 Å². The summed E-state index contributed by atoms with van der Waals surface area (Å²) in [6.45, 7) is 9.10. The number of aryl methyl sites for hydroxylation is 2. The Balaban J connectivity index is 0.978. The molecule has 2 aliphatic carbocycles. The zero-order chi connectivity index (χ0) is 46.4. The molecule has 9 aromatic carbocycles. The predicted octanol–water partition coefficient (Wildman–Crippen LogP) is 16.8. The number of fused-ring (bicyclic) bond motifs is 9. The summed E-state index contributed by atoms with van der Waals surface area (Å²) in [6, 6.07) is 70.3. The van der Waals surface area contributed by atoms with Gasteiger partial charge in [-0.15, -0.1) is 0 Å². The highest BCUT2D eigenvalue weighted by molar-refractivity contribution is 6.13. The van der Waals surface area contributed by atoms with Gasteiger partial charge in [0, 0.05) is 38.8 Å². The van der Waals surface area contributed by atoms with Crippen molar-refractivity contribution in [2.75, 3.05) is 0 Å². The van der Waals surface area contributed by atoms with Gasteiger partial charge in [-0.25, -0.2) is 15.0 Å². The van der Waals surface area contributed by atoms with Crippen LogP contribution in [0, 0.1) is 13.8 Å². The summed E-state index contributed by atoms with van der Waals surface area (Å²) in [4.78, 5) is 15.7.